The molecule has 6 heteroatoms. The minimum absolute atomic E-state index is 0.302. The largest absolute Gasteiger partial charge is 0.279 e. The molecule has 0 aliphatic heterocycles. The fraction of sp³-hybridized carbons (Fsp3) is 0.278. The maximum absolute atomic E-state index is 12.2. The Labute approximate surface area is 144 Å². The summed E-state index contributed by atoms with van der Waals surface area (Å²) < 4.78 is 0. The van der Waals surface area contributed by atoms with Crippen molar-refractivity contribution in [2.75, 3.05) is 0 Å². The van der Waals surface area contributed by atoms with Crippen LogP contribution in [0.3, 0.4) is 0 Å². The molecule has 5 nitrogen and oxygen atoms in total. The minimum atomic E-state index is -0.414. The first-order valence-corrected chi connectivity index (χ1v) is 8.61. The molecule has 1 aromatic heterocycles. The van der Waals surface area contributed by atoms with Gasteiger partial charge in [-0.3, -0.25) is 20.4 Å². The van der Waals surface area contributed by atoms with E-state index in [4.69, 9.17) is 5.26 Å². The highest BCUT2D eigenvalue weighted by molar-refractivity contribution is 7.14. The topological polar surface area (TPSA) is 82.0 Å². The van der Waals surface area contributed by atoms with E-state index in [-0.39, 0.29) is 5.91 Å². The van der Waals surface area contributed by atoms with Crippen LogP contribution in [0.15, 0.2) is 30.3 Å². The molecular formula is C18H17N3O2S. The van der Waals surface area contributed by atoms with Gasteiger partial charge in [-0.25, -0.2) is 0 Å². The summed E-state index contributed by atoms with van der Waals surface area (Å²) in [6, 6.07) is 10.1. The number of aryl methyl sites for hydroxylation is 1. The van der Waals surface area contributed by atoms with Gasteiger partial charge >= 0.3 is 0 Å². The number of nitrogens with one attached hydrogen (secondary N) is 2. The molecule has 2 N–H and O–H groups in total. The van der Waals surface area contributed by atoms with Crippen LogP contribution >= 0.6 is 11.3 Å². The lowest BCUT2D eigenvalue weighted by Gasteiger charge is -2.16. The van der Waals surface area contributed by atoms with Crippen LogP contribution in [0.5, 0.6) is 0 Å². The number of nitriles is 1. The fourth-order valence-corrected chi connectivity index (χ4v) is 3.86. The second-order valence-electron chi connectivity index (χ2n) is 6.00. The van der Waals surface area contributed by atoms with Crippen molar-refractivity contribution in [1.82, 2.24) is 10.9 Å². The van der Waals surface area contributed by atoms with Gasteiger partial charge in [-0.2, -0.15) is 5.26 Å². The molecule has 1 aliphatic rings. The third-order valence-electron chi connectivity index (χ3n) is 4.12. The highest BCUT2D eigenvalue weighted by atomic mass is 32.1. The third kappa shape index (κ3) is 3.47. The minimum Gasteiger partial charge on any atom is -0.267 e. The number of thiophene rings is 1. The molecule has 0 saturated heterocycles. The third-order valence-corrected chi connectivity index (χ3v) is 5.35. The molecule has 0 spiro atoms. The van der Waals surface area contributed by atoms with Gasteiger partial charge in [-0.15, -0.1) is 11.3 Å². The van der Waals surface area contributed by atoms with Crippen molar-refractivity contribution >= 4 is 23.2 Å². The molecule has 2 aromatic rings. The van der Waals surface area contributed by atoms with E-state index in [2.05, 4.69) is 17.8 Å². The summed E-state index contributed by atoms with van der Waals surface area (Å²) in [7, 11) is 0. The number of nitrogens with zero attached hydrogens (tertiary/aromatic N) is 1. The molecule has 122 valence electrons. The van der Waals surface area contributed by atoms with Crippen LogP contribution in [0.1, 0.15) is 49.4 Å². The second-order valence-corrected chi connectivity index (χ2v) is 7.14. The van der Waals surface area contributed by atoms with Crippen molar-refractivity contribution in [1.29, 1.82) is 5.26 Å². The number of hydrogen-bond donors (Lipinski definition) is 2. The molecule has 0 saturated carbocycles. The van der Waals surface area contributed by atoms with Gasteiger partial charge in [0.15, 0.2) is 0 Å². The molecule has 2 amide bonds. The molecule has 1 heterocycles. The smallest absolute Gasteiger partial charge is 0.267 e. The van der Waals surface area contributed by atoms with Crippen LogP contribution in [-0.4, -0.2) is 11.8 Å². The summed E-state index contributed by atoms with van der Waals surface area (Å²) in [6.45, 7) is 2.22. The Morgan fingerprint density at radius 1 is 1.21 bits per heavy atom. The molecule has 0 radical (unpaired) electrons. The summed E-state index contributed by atoms with van der Waals surface area (Å²) in [4.78, 5) is 26.1. The Kier molecular flexibility index (Phi) is 4.63. The number of hydrogen-bond acceptors (Lipinski definition) is 4. The maximum Gasteiger partial charge on any atom is 0.279 e. The molecule has 1 aromatic carbocycles. The van der Waals surface area contributed by atoms with Crippen LogP contribution in [0.25, 0.3) is 0 Å². The number of carbonyl (C=O) groups excluding carboxylic acids is 2. The van der Waals surface area contributed by atoms with Crippen LogP contribution in [0.4, 0.5) is 0 Å². The highest BCUT2D eigenvalue weighted by Crippen LogP contribution is 2.32. The van der Waals surface area contributed by atoms with Crippen LogP contribution in [0, 0.1) is 17.2 Å². The average molecular weight is 339 g/mol. The number of fused-ring (bicyclic) bond motifs is 1. The molecular weight excluding hydrogens is 322 g/mol. The van der Waals surface area contributed by atoms with Gasteiger partial charge in [0.2, 0.25) is 0 Å². The Morgan fingerprint density at radius 3 is 2.62 bits per heavy atom. The number of hydrazine groups is 1. The quantitative estimate of drug-likeness (QED) is 0.826. The first-order valence-electron chi connectivity index (χ1n) is 7.79. The normalized spacial score (nSPS) is 15.9. The van der Waals surface area contributed by atoms with E-state index in [0.717, 1.165) is 19.3 Å². The van der Waals surface area contributed by atoms with Crippen molar-refractivity contribution < 1.29 is 9.59 Å². The first kappa shape index (κ1) is 16.2. The second kappa shape index (κ2) is 6.85. The average Bonchev–Trinajstić information content (AvgIpc) is 3.02. The lowest BCUT2D eigenvalue weighted by Crippen LogP contribution is -2.41. The van der Waals surface area contributed by atoms with Gasteiger partial charge in [0.1, 0.15) is 0 Å². The van der Waals surface area contributed by atoms with Gasteiger partial charge in [0.05, 0.1) is 16.5 Å². The summed E-state index contributed by atoms with van der Waals surface area (Å²) >= 11 is 1.50. The zero-order valence-electron chi connectivity index (χ0n) is 13.3. The zero-order chi connectivity index (χ0) is 17.1. The van der Waals surface area contributed by atoms with E-state index in [1.165, 1.54) is 21.8 Å². The Bertz CT molecular complexity index is 818. The van der Waals surface area contributed by atoms with Gasteiger partial charge in [-0.1, -0.05) is 6.92 Å². The van der Waals surface area contributed by atoms with Crippen molar-refractivity contribution in [2.24, 2.45) is 5.92 Å². The van der Waals surface area contributed by atoms with Gasteiger partial charge in [-0.05, 0) is 61.1 Å². The van der Waals surface area contributed by atoms with Crippen molar-refractivity contribution in [3.8, 4) is 6.07 Å². The monoisotopic (exact) mass is 339 g/mol. The molecule has 0 unspecified atom stereocenters. The summed E-state index contributed by atoms with van der Waals surface area (Å²) in [5.41, 5.74) is 6.98. The van der Waals surface area contributed by atoms with Crippen molar-refractivity contribution in [3.05, 3.63) is 56.8 Å². The van der Waals surface area contributed by atoms with E-state index >= 15 is 0 Å². The number of amides is 2. The Balaban J connectivity index is 1.61. The van der Waals surface area contributed by atoms with Gasteiger partial charge in [0.25, 0.3) is 11.8 Å². The number of benzene rings is 1. The SMILES string of the molecule is C[C@H]1CCc2sc(C(=O)NNC(=O)c3ccc(C#N)cc3)cc2C1. The molecule has 1 atom stereocenters. The van der Waals surface area contributed by atoms with Crippen LogP contribution < -0.4 is 10.9 Å². The fourth-order valence-electron chi connectivity index (χ4n) is 2.76. The maximum atomic E-state index is 12.2. The Morgan fingerprint density at radius 2 is 1.92 bits per heavy atom. The summed E-state index contributed by atoms with van der Waals surface area (Å²) in [5.74, 6) is -0.0640. The number of rotatable bonds is 2. The predicted molar refractivity (Wildman–Crippen MR) is 91.6 cm³/mol. The summed E-state index contributed by atoms with van der Waals surface area (Å²) in [6.07, 6.45) is 3.19. The summed E-state index contributed by atoms with van der Waals surface area (Å²) in [5, 5.41) is 8.75. The van der Waals surface area contributed by atoms with Crippen LogP contribution in [0.2, 0.25) is 0 Å². The predicted octanol–water partition coefficient (Wildman–Crippen LogP) is 2.82. The molecule has 3 rings (SSSR count). The number of carbonyl (C=O) groups is 2. The van der Waals surface area contributed by atoms with Gasteiger partial charge < -0.3 is 0 Å². The van der Waals surface area contributed by atoms with E-state index in [9.17, 15) is 9.59 Å². The Hall–Kier alpha value is -2.65. The van der Waals surface area contributed by atoms with E-state index < -0.39 is 5.91 Å². The molecule has 0 fully saturated rings. The molecule has 24 heavy (non-hydrogen) atoms. The highest BCUT2D eigenvalue weighted by Gasteiger charge is 2.20. The molecule has 0 bridgehead atoms. The molecule has 1 aliphatic carbocycles. The zero-order valence-corrected chi connectivity index (χ0v) is 14.1. The van der Waals surface area contributed by atoms with E-state index in [0.29, 0.717) is 21.9 Å². The van der Waals surface area contributed by atoms with Crippen molar-refractivity contribution in [3.63, 3.8) is 0 Å². The first-order chi connectivity index (χ1) is 11.6. The van der Waals surface area contributed by atoms with Crippen LogP contribution in [-0.2, 0) is 12.8 Å². The van der Waals surface area contributed by atoms with Crippen molar-refractivity contribution in [2.45, 2.75) is 26.2 Å². The lowest BCUT2D eigenvalue weighted by atomic mass is 9.90. The van der Waals surface area contributed by atoms with E-state index in [1.807, 2.05) is 12.1 Å². The van der Waals surface area contributed by atoms with Gasteiger partial charge in [0, 0.05) is 10.4 Å². The standard InChI is InChI=1S/C18H17N3O2S/c1-11-2-7-15-14(8-11)9-16(24-15)18(23)21-20-17(22)13-5-3-12(10-19)4-6-13/h3-6,9,11H,2,7-8H2,1H3,(H,20,22)(H,21,23)/t11-/m0/s1. The van der Waals surface area contributed by atoms with E-state index in [1.54, 1.807) is 24.3 Å². The lowest BCUT2D eigenvalue weighted by molar-refractivity contribution is 0.0849.